The molecule has 0 saturated heterocycles. The first-order chi connectivity index (χ1) is 19.3. The first kappa shape index (κ1) is 27.2. The maximum atomic E-state index is 14.7. The largest absolute Gasteiger partial charge is 0.478 e. The van der Waals surface area contributed by atoms with Gasteiger partial charge in [0, 0.05) is 11.5 Å². The Morgan fingerprint density at radius 2 is 1.98 bits per heavy atom. The van der Waals surface area contributed by atoms with Gasteiger partial charge in [0.05, 0.1) is 38.1 Å². The van der Waals surface area contributed by atoms with Crippen LogP contribution in [0.3, 0.4) is 0 Å². The van der Waals surface area contributed by atoms with E-state index in [2.05, 4.69) is 10.1 Å². The fourth-order valence-electron chi connectivity index (χ4n) is 7.29. The van der Waals surface area contributed by atoms with Crippen LogP contribution in [-0.2, 0) is 22.5 Å². The fraction of sp³-hybridized carbons (Fsp3) is 0.414. The highest BCUT2D eigenvalue weighted by atomic mass is 35.5. The number of rotatable bonds is 7. The van der Waals surface area contributed by atoms with E-state index in [9.17, 15) is 24.5 Å². The zero-order valence-electron chi connectivity index (χ0n) is 22.0. The molecule has 4 aromatic rings. The number of aromatic nitrogens is 2. The maximum absolute atomic E-state index is 14.7. The van der Waals surface area contributed by atoms with E-state index in [1.165, 1.54) is 6.07 Å². The molecule has 0 radical (unpaired) electrons. The predicted octanol–water partition coefficient (Wildman–Crippen LogP) is 6.53. The summed E-state index contributed by atoms with van der Waals surface area (Å²) in [5, 5.41) is 37.5. The molecule has 5 atom stereocenters. The van der Waals surface area contributed by atoms with Gasteiger partial charge in [-0.25, -0.2) is 14.2 Å². The number of nitrogens with zero attached hydrogens (tertiary/aromatic N) is 2. The third kappa shape index (κ3) is 3.85. The van der Waals surface area contributed by atoms with Crippen LogP contribution in [0.2, 0.25) is 10.0 Å². The third-order valence-electron chi connectivity index (χ3n) is 9.13. The van der Waals surface area contributed by atoms with Gasteiger partial charge in [-0.1, -0.05) is 34.4 Å². The molecule has 12 heteroatoms. The van der Waals surface area contributed by atoms with E-state index in [1.807, 2.05) is 0 Å². The number of hydrogen-bond acceptors (Lipinski definition) is 8. The van der Waals surface area contributed by atoms with Crippen LogP contribution in [0.1, 0.15) is 59.8 Å². The zero-order chi connectivity index (χ0) is 29.1. The summed E-state index contributed by atoms with van der Waals surface area (Å²) < 4.78 is 27.3. The van der Waals surface area contributed by atoms with Gasteiger partial charge in [0.2, 0.25) is 0 Å². The van der Waals surface area contributed by atoms with E-state index in [1.54, 1.807) is 32.0 Å². The minimum absolute atomic E-state index is 0.0572. The number of carboxylic acid groups (broad SMARTS) is 1. The molecule has 3 fully saturated rings. The molecule has 3 aliphatic rings. The maximum Gasteiger partial charge on any atom is 0.335 e. The van der Waals surface area contributed by atoms with Crippen molar-refractivity contribution in [3.05, 3.63) is 68.1 Å². The number of ether oxygens (including phenoxy) is 1. The Bertz CT molecular complexity index is 1730. The molecule has 3 N–H and O–H groups in total. The monoisotopic (exact) mass is 618 g/mol. The molecule has 2 bridgehead atoms. The lowest BCUT2D eigenvalue weighted by molar-refractivity contribution is -0.246. The number of fused-ring (bicyclic) bond motifs is 2. The van der Waals surface area contributed by atoms with Crippen LogP contribution < -0.4 is 0 Å². The molecule has 1 unspecified atom stereocenters. The van der Waals surface area contributed by atoms with Crippen molar-refractivity contribution in [1.29, 1.82) is 0 Å². The molecule has 2 aromatic carbocycles. The molecule has 0 amide bonds. The summed E-state index contributed by atoms with van der Waals surface area (Å²) in [6, 6.07) is 7.49. The predicted molar refractivity (Wildman–Crippen MR) is 149 cm³/mol. The summed E-state index contributed by atoms with van der Waals surface area (Å²) in [4.78, 5) is 15.9. The standard InChI is InChI=1S/C29H25Cl2FN2O6S/c1-27(2,37)24-14(22(34-40-24)21-17(30)4-3-5-18(21)31)11-39-28-9-13-8-15(28)16(10-28)29(13,38)26-33-23-19(32)6-12(25(35)36)7-20(23)41-26/h3-7,13,15-16,37-38H,8-11H2,1-2H3,(H,35,36)/t13-,15?,16-,28+,29+/m1/s1. The number of aromatic carboxylic acids is 1. The number of thiazole rings is 1. The first-order valence-electron chi connectivity index (χ1n) is 13.2. The van der Waals surface area contributed by atoms with Gasteiger partial charge in [0.15, 0.2) is 11.6 Å². The number of benzene rings is 2. The van der Waals surface area contributed by atoms with Crippen LogP contribution >= 0.6 is 34.5 Å². The van der Waals surface area contributed by atoms with E-state index in [-0.39, 0.29) is 41.2 Å². The summed E-state index contributed by atoms with van der Waals surface area (Å²) in [5.74, 6) is -1.90. The second kappa shape index (κ2) is 8.95. The van der Waals surface area contributed by atoms with Gasteiger partial charge in [-0.2, -0.15) is 0 Å². The van der Waals surface area contributed by atoms with Crippen LogP contribution in [0, 0.1) is 23.6 Å². The Morgan fingerprint density at radius 1 is 1.24 bits per heavy atom. The average Bonchev–Trinajstić information content (AvgIpc) is 3.62. The van der Waals surface area contributed by atoms with Gasteiger partial charge in [0.25, 0.3) is 0 Å². The van der Waals surface area contributed by atoms with Crippen molar-refractivity contribution in [1.82, 2.24) is 10.1 Å². The summed E-state index contributed by atoms with van der Waals surface area (Å²) in [6.07, 6.45) is 1.88. The smallest absolute Gasteiger partial charge is 0.335 e. The van der Waals surface area contributed by atoms with Crippen molar-refractivity contribution in [3.63, 3.8) is 0 Å². The molecule has 0 spiro atoms. The number of carbonyl (C=O) groups is 1. The summed E-state index contributed by atoms with van der Waals surface area (Å²) in [7, 11) is 0. The van der Waals surface area contributed by atoms with Crippen molar-refractivity contribution in [2.24, 2.45) is 17.8 Å². The van der Waals surface area contributed by atoms with Gasteiger partial charge in [-0.15, -0.1) is 11.3 Å². The summed E-state index contributed by atoms with van der Waals surface area (Å²) >= 11 is 14.1. The molecule has 8 nitrogen and oxygen atoms in total. The normalized spacial score (nSPS) is 28.4. The minimum Gasteiger partial charge on any atom is -0.478 e. The fourth-order valence-corrected chi connectivity index (χ4v) is 9.12. The van der Waals surface area contributed by atoms with Gasteiger partial charge in [-0.05, 0) is 69.2 Å². The quantitative estimate of drug-likeness (QED) is 0.213. The van der Waals surface area contributed by atoms with Gasteiger partial charge in [-0.3, -0.25) is 0 Å². The SMILES string of the molecule is CC(C)(O)c1onc(-c2c(Cl)cccc2Cl)c1CO[C@]12C[C@H]3CC1[C@@H](C2)[C@]3(O)c1nc2c(F)cc(C(=O)O)cc2s1. The first-order valence-corrected chi connectivity index (χ1v) is 14.8. The van der Waals surface area contributed by atoms with Crippen molar-refractivity contribution < 1.29 is 33.8 Å². The van der Waals surface area contributed by atoms with Crippen LogP contribution in [-0.4, -0.2) is 37.0 Å². The molecular weight excluding hydrogens is 594 g/mol. The number of halogens is 3. The van der Waals surface area contributed by atoms with E-state index in [4.69, 9.17) is 32.5 Å². The van der Waals surface area contributed by atoms with E-state index < -0.39 is 28.6 Å². The highest BCUT2D eigenvalue weighted by molar-refractivity contribution is 7.18. The van der Waals surface area contributed by atoms with Gasteiger partial charge >= 0.3 is 5.97 Å². The molecule has 3 saturated carbocycles. The van der Waals surface area contributed by atoms with E-state index in [0.717, 1.165) is 23.8 Å². The van der Waals surface area contributed by atoms with Crippen molar-refractivity contribution in [2.75, 3.05) is 0 Å². The average molecular weight is 619 g/mol. The molecular formula is C29H25Cl2FN2O6S. The zero-order valence-corrected chi connectivity index (χ0v) is 24.3. The van der Waals surface area contributed by atoms with E-state index in [0.29, 0.717) is 49.4 Å². The lowest BCUT2D eigenvalue weighted by Gasteiger charge is -2.58. The number of aliphatic hydroxyl groups is 2. The number of hydrogen-bond donors (Lipinski definition) is 3. The Labute approximate surface area is 247 Å². The second-order valence-corrected chi connectivity index (χ2v) is 13.7. The highest BCUT2D eigenvalue weighted by Crippen LogP contribution is 2.74. The van der Waals surface area contributed by atoms with Gasteiger partial charge in [0.1, 0.15) is 27.4 Å². The van der Waals surface area contributed by atoms with Crippen LogP contribution in [0.5, 0.6) is 0 Å². The Morgan fingerprint density at radius 3 is 2.61 bits per heavy atom. The topological polar surface area (TPSA) is 126 Å². The Hall–Kier alpha value is -2.60. The Kier molecular flexibility index (Phi) is 5.95. The number of carboxylic acids is 1. The van der Waals surface area contributed by atoms with Crippen molar-refractivity contribution in [2.45, 2.75) is 56.5 Å². The van der Waals surface area contributed by atoms with Crippen molar-refractivity contribution in [3.8, 4) is 11.3 Å². The van der Waals surface area contributed by atoms with Crippen LogP contribution in [0.15, 0.2) is 34.9 Å². The molecule has 214 valence electrons. The minimum atomic E-state index is -1.34. The third-order valence-corrected chi connectivity index (χ3v) is 10.9. The molecule has 2 aromatic heterocycles. The Balaban J connectivity index is 1.17. The van der Waals surface area contributed by atoms with Crippen LogP contribution in [0.25, 0.3) is 21.5 Å². The summed E-state index contributed by atoms with van der Waals surface area (Å²) in [6.45, 7) is 3.30. The molecule has 7 rings (SSSR count). The second-order valence-electron chi connectivity index (χ2n) is 11.9. The lowest BCUT2D eigenvalue weighted by atomic mass is 9.54. The summed E-state index contributed by atoms with van der Waals surface area (Å²) in [5.41, 5.74) is -1.68. The lowest BCUT2D eigenvalue weighted by Crippen LogP contribution is -2.62. The highest BCUT2D eigenvalue weighted by Gasteiger charge is 2.76. The molecule has 0 aliphatic heterocycles. The van der Waals surface area contributed by atoms with E-state index >= 15 is 0 Å². The molecule has 41 heavy (non-hydrogen) atoms. The van der Waals surface area contributed by atoms with Crippen molar-refractivity contribution >= 4 is 50.7 Å². The van der Waals surface area contributed by atoms with Gasteiger partial charge < -0.3 is 24.6 Å². The van der Waals surface area contributed by atoms with Crippen LogP contribution in [0.4, 0.5) is 4.39 Å². The molecule has 3 aliphatic carbocycles. The molecule has 2 heterocycles.